The van der Waals surface area contributed by atoms with E-state index < -0.39 is 21.5 Å². The Morgan fingerprint density at radius 1 is 1.19 bits per heavy atom. The van der Waals surface area contributed by atoms with Gasteiger partial charge in [0, 0.05) is 36.1 Å². The van der Waals surface area contributed by atoms with E-state index in [1.54, 1.807) is 39.0 Å². The molecule has 0 atom stereocenters. The van der Waals surface area contributed by atoms with E-state index in [-0.39, 0.29) is 11.4 Å². The summed E-state index contributed by atoms with van der Waals surface area (Å²) in [5.41, 5.74) is 0.775. The second-order valence-electron chi connectivity index (χ2n) is 5.88. The van der Waals surface area contributed by atoms with Crippen molar-refractivity contribution in [3.8, 4) is 0 Å². The number of halogens is 1. The summed E-state index contributed by atoms with van der Waals surface area (Å²) in [6, 6.07) is 7.51. The van der Waals surface area contributed by atoms with Gasteiger partial charge in [0.2, 0.25) is 15.9 Å². The predicted octanol–water partition coefficient (Wildman–Crippen LogP) is 2.48. The second-order valence-corrected chi connectivity index (χ2v) is 8.23. The molecule has 1 aromatic heterocycles. The normalized spacial score (nSPS) is 11.6. The molecule has 1 N–H and O–H groups in total. The number of amides is 1. The Balaban J connectivity index is 2.28. The maximum absolute atomic E-state index is 12.6. The van der Waals surface area contributed by atoms with Crippen LogP contribution in [0.2, 0.25) is 5.02 Å². The molecular weight excluding hydrogens is 390 g/mol. The molecule has 0 saturated carbocycles. The third-order valence-electron chi connectivity index (χ3n) is 4.16. The summed E-state index contributed by atoms with van der Waals surface area (Å²) in [4.78, 5) is 24.4. The Morgan fingerprint density at radius 2 is 1.85 bits per heavy atom. The predicted molar refractivity (Wildman–Crippen MR) is 106 cm³/mol. The molecule has 0 radical (unpaired) electrons. The smallest absolute Gasteiger partial charge is 0.251 e. The second kappa shape index (κ2) is 8.69. The molecule has 9 heteroatoms. The molecule has 0 fully saturated rings. The monoisotopic (exact) mass is 411 g/mol. The first-order chi connectivity index (χ1) is 12.7. The summed E-state index contributed by atoms with van der Waals surface area (Å²) < 4.78 is 27.6. The summed E-state index contributed by atoms with van der Waals surface area (Å²) in [5.74, 6) is -0.458. The first-order valence-electron chi connectivity index (χ1n) is 8.46. The van der Waals surface area contributed by atoms with Gasteiger partial charge in [0.25, 0.3) is 5.56 Å². The van der Waals surface area contributed by atoms with Gasteiger partial charge in [-0.25, -0.2) is 8.42 Å². The summed E-state index contributed by atoms with van der Waals surface area (Å²) in [6.07, 6.45) is 1.19. The molecule has 0 aliphatic heterocycles. The number of nitrogens with zero attached hydrogens (tertiary/aromatic N) is 2. The molecule has 1 aromatic carbocycles. The van der Waals surface area contributed by atoms with Gasteiger partial charge >= 0.3 is 0 Å². The topological polar surface area (TPSA) is 88.5 Å². The zero-order chi connectivity index (χ0) is 20.2. The van der Waals surface area contributed by atoms with Gasteiger partial charge in [0.15, 0.2) is 0 Å². The summed E-state index contributed by atoms with van der Waals surface area (Å²) in [6.45, 7) is 5.54. The Kier molecular flexibility index (Phi) is 6.80. The first-order valence-corrected chi connectivity index (χ1v) is 10.3. The highest BCUT2D eigenvalue weighted by molar-refractivity contribution is 7.89. The van der Waals surface area contributed by atoms with Crippen LogP contribution in [-0.4, -0.2) is 36.3 Å². The van der Waals surface area contributed by atoms with E-state index in [1.807, 2.05) is 0 Å². The van der Waals surface area contributed by atoms with E-state index in [0.29, 0.717) is 29.4 Å². The number of benzene rings is 1. The van der Waals surface area contributed by atoms with Crippen LogP contribution in [0.25, 0.3) is 0 Å². The maximum Gasteiger partial charge on any atom is 0.251 e. The van der Waals surface area contributed by atoms with Crippen molar-refractivity contribution >= 4 is 33.2 Å². The van der Waals surface area contributed by atoms with Gasteiger partial charge in [-0.05, 0) is 30.7 Å². The van der Waals surface area contributed by atoms with Crippen LogP contribution in [0.4, 0.5) is 5.69 Å². The lowest BCUT2D eigenvalue weighted by Crippen LogP contribution is -2.33. The average molecular weight is 412 g/mol. The molecule has 0 aliphatic carbocycles. The van der Waals surface area contributed by atoms with E-state index in [9.17, 15) is 18.0 Å². The largest absolute Gasteiger partial charge is 0.324 e. The van der Waals surface area contributed by atoms with Crippen molar-refractivity contribution in [2.45, 2.75) is 32.2 Å². The molecule has 1 amide bonds. The van der Waals surface area contributed by atoms with Crippen LogP contribution in [0, 0.1) is 6.92 Å². The molecule has 27 heavy (non-hydrogen) atoms. The van der Waals surface area contributed by atoms with Crippen LogP contribution >= 0.6 is 11.6 Å². The fourth-order valence-electron chi connectivity index (χ4n) is 2.59. The highest BCUT2D eigenvalue weighted by atomic mass is 35.5. The van der Waals surface area contributed by atoms with Crippen molar-refractivity contribution in [3.63, 3.8) is 0 Å². The average Bonchev–Trinajstić information content (AvgIpc) is 2.61. The number of anilines is 1. The number of hydrogen-bond acceptors (Lipinski definition) is 4. The van der Waals surface area contributed by atoms with E-state index in [1.165, 1.54) is 16.6 Å². The van der Waals surface area contributed by atoms with Gasteiger partial charge in [-0.15, -0.1) is 0 Å². The van der Waals surface area contributed by atoms with E-state index in [4.69, 9.17) is 11.6 Å². The number of pyridine rings is 1. The van der Waals surface area contributed by atoms with Crippen molar-refractivity contribution in [3.05, 3.63) is 57.5 Å². The number of aromatic nitrogens is 1. The van der Waals surface area contributed by atoms with Gasteiger partial charge in [0.05, 0.1) is 4.90 Å². The fraction of sp³-hybridized carbons (Fsp3) is 0.333. The van der Waals surface area contributed by atoms with Gasteiger partial charge in [-0.2, -0.15) is 4.31 Å². The van der Waals surface area contributed by atoms with Gasteiger partial charge in [0.1, 0.15) is 6.54 Å². The number of rotatable bonds is 7. The fourth-order valence-corrected chi connectivity index (χ4v) is 4.24. The molecule has 0 saturated heterocycles. The molecule has 2 rings (SSSR count). The summed E-state index contributed by atoms with van der Waals surface area (Å²) in [5, 5.41) is 3.20. The molecule has 0 aliphatic rings. The Hall–Kier alpha value is -2.16. The molecule has 7 nitrogen and oxygen atoms in total. The summed E-state index contributed by atoms with van der Waals surface area (Å²) in [7, 11) is -3.72. The van der Waals surface area contributed by atoms with Crippen LogP contribution in [0.1, 0.15) is 19.4 Å². The lowest BCUT2D eigenvalue weighted by molar-refractivity contribution is -0.116. The van der Waals surface area contributed by atoms with Gasteiger partial charge in [-0.3, -0.25) is 9.59 Å². The van der Waals surface area contributed by atoms with Crippen LogP contribution in [0.5, 0.6) is 0 Å². The highest BCUT2D eigenvalue weighted by Gasteiger charge is 2.22. The lowest BCUT2D eigenvalue weighted by atomic mass is 10.2. The first kappa shape index (κ1) is 21.1. The van der Waals surface area contributed by atoms with Crippen molar-refractivity contribution in [2.24, 2.45) is 0 Å². The van der Waals surface area contributed by atoms with Crippen LogP contribution < -0.4 is 10.9 Å². The standard InChI is InChI=1S/C18H22ClN3O4S/c1-4-22(5-2)27(25,26)14-9-10-18(24)21(11-14)12-17(23)20-16-8-6-7-15(19)13(16)3/h6-11H,4-5,12H2,1-3H3,(H,20,23). The number of nitrogens with one attached hydrogen (secondary N) is 1. The molecule has 0 bridgehead atoms. The SMILES string of the molecule is CCN(CC)S(=O)(=O)c1ccc(=O)n(CC(=O)Nc2cccc(Cl)c2C)c1. The zero-order valence-electron chi connectivity index (χ0n) is 15.4. The highest BCUT2D eigenvalue weighted by Crippen LogP contribution is 2.22. The van der Waals surface area contributed by atoms with Crippen molar-refractivity contribution < 1.29 is 13.2 Å². The zero-order valence-corrected chi connectivity index (χ0v) is 17.0. The van der Waals surface area contributed by atoms with Crippen molar-refractivity contribution in [1.29, 1.82) is 0 Å². The lowest BCUT2D eigenvalue weighted by Gasteiger charge is -2.19. The maximum atomic E-state index is 12.6. The minimum atomic E-state index is -3.72. The quantitative estimate of drug-likeness (QED) is 0.758. The molecule has 1 heterocycles. The molecule has 146 valence electrons. The Bertz CT molecular complexity index is 998. The van der Waals surface area contributed by atoms with E-state index in [2.05, 4.69) is 5.32 Å². The van der Waals surface area contributed by atoms with Crippen LogP contribution in [0.15, 0.2) is 46.2 Å². The van der Waals surface area contributed by atoms with Crippen LogP contribution in [-0.2, 0) is 21.4 Å². The number of sulfonamides is 1. The Morgan fingerprint density at radius 3 is 2.48 bits per heavy atom. The van der Waals surface area contributed by atoms with Crippen LogP contribution in [0.3, 0.4) is 0 Å². The Labute approximate surface area is 163 Å². The molecule has 0 unspecified atom stereocenters. The van der Waals surface area contributed by atoms with Gasteiger partial charge < -0.3 is 9.88 Å². The summed E-state index contributed by atoms with van der Waals surface area (Å²) >= 11 is 6.03. The molecule has 2 aromatic rings. The number of hydrogen-bond donors (Lipinski definition) is 1. The molecular formula is C18H22ClN3O4S. The minimum absolute atomic E-state index is 0.0301. The third-order valence-corrected chi connectivity index (χ3v) is 6.60. The number of carbonyl (C=O) groups is 1. The van der Waals surface area contributed by atoms with Crippen molar-refractivity contribution in [2.75, 3.05) is 18.4 Å². The van der Waals surface area contributed by atoms with Gasteiger partial charge in [-0.1, -0.05) is 31.5 Å². The minimum Gasteiger partial charge on any atom is -0.324 e. The number of carbonyl (C=O) groups excluding carboxylic acids is 1. The van der Waals surface area contributed by atoms with Crippen molar-refractivity contribution in [1.82, 2.24) is 8.87 Å². The van der Waals surface area contributed by atoms with E-state index >= 15 is 0 Å². The third kappa shape index (κ3) is 4.77. The van der Waals surface area contributed by atoms with E-state index in [0.717, 1.165) is 10.6 Å². The molecule has 0 spiro atoms.